The molecule has 5 heterocycles. The Morgan fingerprint density at radius 1 is 0.719 bits per heavy atom. The van der Waals surface area contributed by atoms with E-state index in [4.69, 9.17) is 4.74 Å². The van der Waals surface area contributed by atoms with Gasteiger partial charge in [-0.2, -0.15) is 8.42 Å². The summed E-state index contributed by atoms with van der Waals surface area (Å²) in [6, 6.07) is 23.4. The topological polar surface area (TPSA) is 79.7 Å². The molecule has 3 aliphatic rings. The lowest BCUT2D eigenvalue weighted by Crippen LogP contribution is -2.46. The minimum absolute atomic E-state index is 0.138. The Labute approximate surface area is 326 Å². The van der Waals surface area contributed by atoms with Crippen molar-refractivity contribution in [2.24, 2.45) is 14.1 Å². The molecule has 7 aromatic rings. The molecule has 0 atom stereocenters. The number of para-hydroxylation sites is 2. The molecule has 0 spiro atoms. The monoisotopic (exact) mass is 787 g/mol. The van der Waals surface area contributed by atoms with Gasteiger partial charge in [-0.25, -0.2) is 17.7 Å². The van der Waals surface area contributed by atoms with Crippen molar-refractivity contribution in [1.29, 1.82) is 0 Å². The zero-order chi connectivity index (χ0) is 40.4. The number of aryl methyl sites for hydroxylation is 2. The summed E-state index contributed by atoms with van der Waals surface area (Å²) in [6.45, 7) is 8.51. The van der Waals surface area contributed by atoms with Gasteiger partial charge in [0.2, 0.25) is 5.36 Å². The van der Waals surface area contributed by atoms with E-state index in [1.807, 2.05) is 76.7 Å². The van der Waals surface area contributed by atoms with Crippen LogP contribution in [0.1, 0.15) is 49.9 Å². The Bertz CT molecular complexity index is 3290. The highest BCUT2D eigenvalue weighted by molar-refractivity contribution is 7.86. The van der Waals surface area contributed by atoms with Crippen LogP contribution in [-0.4, -0.2) is 36.2 Å². The standard InChI is InChI=1S/C45H37F3N4O4S/c1-44(2)38-22-13-9-11-15-30(22)49(5)41(38)24-17-26-34(20-32(24)51(44)7)56-35-21-33-25(42-39(45(3,4)52(33)8)23-14-10-12-16-31(23)50(42)6)18-27(35)36(26)37-40(48)28(46)19-29(47)43(37)57(53,54)55/h9-21H,1-8H3/p+1. The molecule has 5 aromatic carbocycles. The summed E-state index contributed by atoms with van der Waals surface area (Å²) >= 11 is 0. The Balaban J connectivity index is 1.41. The molecular weight excluding hydrogens is 750 g/mol. The second-order valence-corrected chi connectivity index (χ2v) is 17.7. The van der Waals surface area contributed by atoms with Crippen LogP contribution in [0.25, 0.3) is 49.9 Å². The zero-order valence-corrected chi connectivity index (χ0v) is 33.3. The Morgan fingerprint density at radius 2 is 1.32 bits per heavy atom. The smallest absolute Gasteiger partial charge is 0.298 e. The third-order valence-electron chi connectivity index (χ3n) is 12.9. The fourth-order valence-corrected chi connectivity index (χ4v) is 10.6. The van der Waals surface area contributed by atoms with Crippen LogP contribution in [-0.2, 0) is 35.3 Å². The van der Waals surface area contributed by atoms with E-state index in [1.165, 1.54) is 0 Å². The first-order chi connectivity index (χ1) is 26.9. The number of rotatable bonds is 2. The first-order valence-electron chi connectivity index (χ1n) is 18.6. The van der Waals surface area contributed by atoms with Gasteiger partial charge in [-0.3, -0.25) is 4.55 Å². The molecule has 57 heavy (non-hydrogen) atoms. The van der Waals surface area contributed by atoms with Crippen LogP contribution in [0.2, 0.25) is 0 Å². The molecule has 1 N–H and O–H groups in total. The van der Waals surface area contributed by atoms with Crippen LogP contribution in [0, 0.1) is 17.5 Å². The van der Waals surface area contributed by atoms with E-state index in [0.29, 0.717) is 0 Å². The molecule has 0 radical (unpaired) electrons. The molecule has 0 amide bonds. The second kappa shape index (κ2) is 11.2. The molecule has 3 aliphatic heterocycles. The van der Waals surface area contributed by atoms with Crippen molar-refractivity contribution in [3.05, 3.63) is 129 Å². The molecule has 0 fully saturated rings. The Kier molecular flexibility index (Phi) is 6.97. The number of fused-ring (bicyclic) bond motifs is 12. The number of aromatic nitrogens is 2. The van der Waals surface area contributed by atoms with Crippen molar-refractivity contribution in [1.82, 2.24) is 13.7 Å². The first kappa shape index (κ1) is 35.6. The van der Waals surface area contributed by atoms with Gasteiger partial charge in [0, 0.05) is 102 Å². The zero-order valence-electron chi connectivity index (χ0n) is 32.5. The quantitative estimate of drug-likeness (QED) is 0.109. The van der Waals surface area contributed by atoms with Crippen LogP contribution >= 0.6 is 0 Å². The molecule has 0 bridgehead atoms. The molecule has 0 unspecified atom stereocenters. The minimum atomic E-state index is -5.45. The third kappa shape index (κ3) is 4.42. The van der Waals surface area contributed by atoms with Crippen LogP contribution in [0.15, 0.2) is 83.8 Å². The van der Waals surface area contributed by atoms with E-state index in [9.17, 15) is 13.0 Å². The van der Waals surface area contributed by atoms with Crippen LogP contribution < -0.4 is 24.8 Å². The maximum Gasteiger partial charge on any atom is 0.298 e. The van der Waals surface area contributed by atoms with Gasteiger partial charge in [0.15, 0.2) is 17.2 Å². The summed E-state index contributed by atoms with van der Waals surface area (Å²) in [7, 11) is 2.43. The van der Waals surface area contributed by atoms with Crippen LogP contribution in [0.5, 0.6) is 11.5 Å². The lowest BCUT2D eigenvalue weighted by molar-refractivity contribution is 0.369. The highest BCUT2D eigenvalue weighted by Gasteiger charge is 2.44. The summed E-state index contributed by atoms with van der Waals surface area (Å²) in [5, 5.41) is 3.05. The van der Waals surface area contributed by atoms with E-state index in [1.54, 1.807) is 12.1 Å². The molecule has 288 valence electrons. The maximum absolute atomic E-state index is 16.6. The van der Waals surface area contributed by atoms with Crippen LogP contribution in [0.3, 0.4) is 0 Å². The van der Waals surface area contributed by atoms with E-state index < -0.39 is 49.1 Å². The summed E-state index contributed by atoms with van der Waals surface area (Å²) in [5.74, 6) is -4.42. The number of hydrogen-bond acceptors (Lipinski definition) is 4. The minimum Gasteiger partial charge on any atom is -0.456 e. The summed E-state index contributed by atoms with van der Waals surface area (Å²) in [5.41, 5.74) is 6.10. The SMILES string of the molecule is CN1c2cc3c(cc2-c2c(c4ccccc4n2C)C1(C)C)C(c1c(F)c(F)cc(F)c1S(=O)(=O)O)=c1cc2c(cc1O3)=[N+](C)C(C)(C)c1c-2n(C)c2ccccc12. The van der Waals surface area contributed by atoms with E-state index in [0.717, 1.165) is 66.5 Å². The number of halogens is 3. The number of nitrogens with zero attached hydrogens (tertiary/aromatic N) is 4. The van der Waals surface area contributed by atoms with Crippen molar-refractivity contribution in [3.8, 4) is 34.0 Å². The first-order valence-corrected chi connectivity index (χ1v) is 20.0. The number of anilines is 1. The van der Waals surface area contributed by atoms with Crippen molar-refractivity contribution >= 4 is 43.2 Å². The van der Waals surface area contributed by atoms with E-state index in [-0.39, 0.29) is 33.9 Å². The van der Waals surface area contributed by atoms with Gasteiger partial charge in [0.1, 0.15) is 29.3 Å². The Hall–Kier alpha value is -5.85. The second-order valence-electron chi connectivity index (χ2n) is 16.4. The fraction of sp³-hybridized carbons (Fsp3) is 0.222. The fourth-order valence-electron chi connectivity index (χ4n) is 9.81. The normalized spacial score (nSPS) is 16.2. The summed E-state index contributed by atoms with van der Waals surface area (Å²) in [6.07, 6.45) is 0. The van der Waals surface area contributed by atoms with Crippen molar-refractivity contribution < 1.29 is 30.9 Å². The molecular formula is C45H38F3N4O4S+. The van der Waals surface area contributed by atoms with E-state index in [2.05, 4.69) is 58.4 Å². The van der Waals surface area contributed by atoms with E-state index >= 15 is 13.2 Å². The third-order valence-corrected chi connectivity index (χ3v) is 13.9. The maximum atomic E-state index is 16.6. The predicted molar refractivity (Wildman–Crippen MR) is 215 cm³/mol. The van der Waals surface area contributed by atoms with Gasteiger partial charge in [-0.15, -0.1) is 0 Å². The van der Waals surface area contributed by atoms with Crippen molar-refractivity contribution in [3.63, 3.8) is 0 Å². The average Bonchev–Trinajstić information content (AvgIpc) is 3.64. The summed E-state index contributed by atoms with van der Waals surface area (Å²) < 4.78 is 97.7. The van der Waals surface area contributed by atoms with Gasteiger partial charge in [-0.1, -0.05) is 36.4 Å². The van der Waals surface area contributed by atoms with Crippen molar-refractivity contribution in [2.75, 3.05) is 19.0 Å². The summed E-state index contributed by atoms with van der Waals surface area (Å²) in [4.78, 5) is 0.768. The molecule has 0 aliphatic carbocycles. The molecule has 0 saturated heterocycles. The average molecular weight is 788 g/mol. The van der Waals surface area contributed by atoms with Gasteiger partial charge in [0.25, 0.3) is 10.1 Å². The molecule has 10 rings (SSSR count). The largest absolute Gasteiger partial charge is 0.456 e. The molecule has 12 heteroatoms. The predicted octanol–water partition coefficient (Wildman–Crippen LogP) is 8.08. The van der Waals surface area contributed by atoms with Gasteiger partial charge >= 0.3 is 0 Å². The molecule has 0 saturated carbocycles. The number of ether oxygens (including phenoxy) is 1. The lowest BCUT2D eigenvalue weighted by Gasteiger charge is -2.44. The van der Waals surface area contributed by atoms with Crippen LogP contribution in [0.4, 0.5) is 18.9 Å². The highest BCUT2D eigenvalue weighted by atomic mass is 32.2. The Morgan fingerprint density at radius 3 is 1.95 bits per heavy atom. The molecule has 8 nitrogen and oxygen atoms in total. The van der Waals surface area contributed by atoms with Gasteiger partial charge in [0.05, 0.1) is 39.8 Å². The molecule has 2 aromatic heterocycles. The highest BCUT2D eigenvalue weighted by Crippen LogP contribution is 2.54. The number of benzene rings is 5. The van der Waals surface area contributed by atoms with Crippen molar-refractivity contribution in [2.45, 2.75) is 43.7 Å². The van der Waals surface area contributed by atoms with Gasteiger partial charge in [-0.05, 0) is 38.1 Å². The lowest BCUT2D eigenvalue weighted by atomic mass is 9.81. The van der Waals surface area contributed by atoms with Gasteiger partial charge < -0.3 is 18.8 Å². The number of hydrogen-bond donors (Lipinski definition) is 1.